The van der Waals surface area contributed by atoms with Gasteiger partial charge in [0.1, 0.15) is 22.7 Å². The number of halogens is 1. The zero-order valence-corrected chi connectivity index (χ0v) is 21.3. The van der Waals surface area contributed by atoms with Crippen LogP contribution in [0.25, 0.3) is 55.8 Å². The number of nitrogens with one attached hydrogen (secondary N) is 3. The van der Waals surface area contributed by atoms with Crippen molar-refractivity contribution in [3.8, 4) is 33.9 Å². The number of hydrogen-bond donors (Lipinski definition) is 3. The summed E-state index contributed by atoms with van der Waals surface area (Å²) in [7, 11) is 0. The summed E-state index contributed by atoms with van der Waals surface area (Å²) in [6.45, 7) is 10.5. The van der Waals surface area contributed by atoms with Crippen LogP contribution in [-0.4, -0.2) is 30.1 Å². The number of imidazole rings is 1. The third-order valence-electron chi connectivity index (χ3n) is 6.59. The third kappa shape index (κ3) is 4.20. The summed E-state index contributed by atoms with van der Waals surface area (Å²) in [5, 5.41) is 11.9. The topological polar surface area (TPSA) is 95.2 Å². The number of aromatic amines is 2. The van der Waals surface area contributed by atoms with Gasteiger partial charge in [-0.3, -0.25) is 15.1 Å². The maximum Gasteiger partial charge on any atom is 0.159 e. The standard InChI is InChI=1S/C30H26FN7/c1-17(30(2,3)4)34-20-13-19(15-32-16-20)18-9-10-24-22(14-18)27(38-37-24)29-35-25-11-12-33-26(28(25)36-29)21-7-5-6-8-23(21)31/h5-16,34H,1H2,2-4H3,(H,35,36)(H,37,38). The molecule has 188 valence electrons. The molecule has 6 aromatic rings. The summed E-state index contributed by atoms with van der Waals surface area (Å²) in [6.07, 6.45) is 5.27. The maximum absolute atomic E-state index is 14.5. The van der Waals surface area contributed by atoms with Gasteiger partial charge in [0.15, 0.2) is 5.82 Å². The monoisotopic (exact) mass is 503 g/mol. The predicted octanol–water partition coefficient (Wildman–Crippen LogP) is 7.34. The molecule has 0 spiro atoms. The average Bonchev–Trinajstić information content (AvgIpc) is 3.52. The molecule has 0 amide bonds. The van der Waals surface area contributed by atoms with Crippen LogP contribution in [0.3, 0.4) is 0 Å². The largest absolute Gasteiger partial charge is 0.358 e. The third-order valence-corrected chi connectivity index (χ3v) is 6.59. The van der Waals surface area contributed by atoms with Gasteiger partial charge in [-0.1, -0.05) is 45.5 Å². The molecule has 0 radical (unpaired) electrons. The number of aromatic nitrogens is 6. The molecule has 8 heteroatoms. The molecule has 0 atom stereocenters. The molecule has 7 nitrogen and oxygen atoms in total. The van der Waals surface area contributed by atoms with Crippen LogP contribution >= 0.6 is 0 Å². The molecule has 38 heavy (non-hydrogen) atoms. The van der Waals surface area contributed by atoms with E-state index in [0.29, 0.717) is 28.3 Å². The molecule has 0 aliphatic heterocycles. The van der Waals surface area contributed by atoms with Crippen LogP contribution in [0.1, 0.15) is 20.8 Å². The van der Waals surface area contributed by atoms with E-state index in [-0.39, 0.29) is 11.2 Å². The van der Waals surface area contributed by atoms with Gasteiger partial charge in [0.25, 0.3) is 0 Å². The number of anilines is 1. The summed E-state index contributed by atoms with van der Waals surface area (Å²) in [5.41, 5.74) is 7.43. The SMILES string of the molecule is C=C(Nc1cncc(-c2ccc3[nH]nc(-c4nc5c(-c6ccccc6F)nccc5[nH]4)c3c2)c1)C(C)(C)C. The summed E-state index contributed by atoms with van der Waals surface area (Å²) in [6, 6.07) is 16.5. The molecule has 4 heterocycles. The van der Waals surface area contributed by atoms with Gasteiger partial charge < -0.3 is 10.3 Å². The van der Waals surface area contributed by atoms with Crippen LogP contribution < -0.4 is 5.32 Å². The Hall–Kier alpha value is -4.85. The Labute approximate surface area is 218 Å². The van der Waals surface area contributed by atoms with E-state index in [2.05, 4.69) is 69.9 Å². The first-order valence-electron chi connectivity index (χ1n) is 12.3. The predicted molar refractivity (Wildman–Crippen MR) is 150 cm³/mol. The highest BCUT2D eigenvalue weighted by molar-refractivity contribution is 5.97. The van der Waals surface area contributed by atoms with Gasteiger partial charge in [0.2, 0.25) is 0 Å². The Bertz CT molecular complexity index is 1820. The Morgan fingerprint density at radius 2 is 1.79 bits per heavy atom. The van der Waals surface area contributed by atoms with E-state index in [9.17, 15) is 4.39 Å². The van der Waals surface area contributed by atoms with Gasteiger partial charge in [0.05, 0.1) is 22.9 Å². The molecule has 0 bridgehead atoms. The molecular weight excluding hydrogens is 477 g/mol. The fraction of sp³-hybridized carbons (Fsp3) is 0.133. The Morgan fingerprint density at radius 1 is 0.947 bits per heavy atom. The summed E-state index contributed by atoms with van der Waals surface area (Å²) >= 11 is 0. The van der Waals surface area contributed by atoms with Crippen LogP contribution in [0, 0.1) is 11.2 Å². The zero-order chi connectivity index (χ0) is 26.4. The van der Waals surface area contributed by atoms with Gasteiger partial charge in [-0.25, -0.2) is 9.37 Å². The van der Waals surface area contributed by atoms with Gasteiger partial charge in [0, 0.05) is 40.0 Å². The van der Waals surface area contributed by atoms with Gasteiger partial charge in [-0.2, -0.15) is 5.10 Å². The Morgan fingerprint density at radius 3 is 2.61 bits per heavy atom. The highest BCUT2D eigenvalue weighted by Crippen LogP contribution is 2.34. The van der Waals surface area contributed by atoms with Crippen molar-refractivity contribution in [1.82, 2.24) is 30.1 Å². The molecule has 0 aliphatic carbocycles. The van der Waals surface area contributed by atoms with Crippen molar-refractivity contribution in [1.29, 1.82) is 0 Å². The lowest BCUT2D eigenvalue weighted by atomic mass is 9.93. The van der Waals surface area contributed by atoms with E-state index < -0.39 is 0 Å². The molecular formula is C30H26FN7. The lowest BCUT2D eigenvalue weighted by Crippen LogP contribution is -2.15. The number of nitrogens with zero attached hydrogens (tertiary/aromatic N) is 4. The molecule has 0 unspecified atom stereocenters. The average molecular weight is 504 g/mol. The Balaban J connectivity index is 1.41. The maximum atomic E-state index is 14.5. The van der Waals surface area contributed by atoms with Crippen molar-refractivity contribution in [3.05, 3.63) is 91.3 Å². The number of pyridine rings is 2. The van der Waals surface area contributed by atoms with E-state index >= 15 is 0 Å². The molecule has 6 rings (SSSR count). The van der Waals surface area contributed by atoms with Crippen molar-refractivity contribution < 1.29 is 4.39 Å². The molecule has 3 N–H and O–H groups in total. The molecule has 0 aliphatic rings. The zero-order valence-electron chi connectivity index (χ0n) is 21.3. The highest BCUT2D eigenvalue weighted by Gasteiger charge is 2.18. The minimum atomic E-state index is -0.344. The Kier molecular flexibility index (Phi) is 5.52. The highest BCUT2D eigenvalue weighted by atomic mass is 19.1. The van der Waals surface area contributed by atoms with Gasteiger partial charge in [-0.05, 0) is 42.0 Å². The number of fused-ring (bicyclic) bond motifs is 2. The smallest absolute Gasteiger partial charge is 0.159 e. The van der Waals surface area contributed by atoms with Gasteiger partial charge >= 0.3 is 0 Å². The molecule has 0 fully saturated rings. The second-order valence-electron chi connectivity index (χ2n) is 10.3. The van der Waals surface area contributed by atoms with Crippen molar-refractivity contribution in [2.24, 2.45) is 5.41 Å². The van der Waals surface area contributed by atoms with Crippen LogP contribution in [-0.2, 0) is 0 Å². The van der Waals surface area contributed by atoms with Crippen LogP contribution in [0.15, 0.2) is 85.5 Å². The van der Waals surface area contributed by atoms with Crippen molar-refractivity contribution in [2.75, 3.05) is 5.32 Å². The fourth-order valence-electron chi connectivity index (χ4n) is 4.30. The van der Waals surface area contributed by atoms with E-state index in [1.807, 2.05) is 24.4 Å². The first-order chi connectivity index (χ1) is 18.3. The molecule has 0 saturated carbocycles. The lowest BCUT2D eigenvalue weighted by Gasteiger charge is -2.23. The second kappa shape index (κ2) is 8.92. The quantitative estimate of drug-likeness (QED) is 0.229. The number of rotatable bonds is 5. The van der Waals surface area contributed by atoms with E-state index in [1.54, 1.807) is 30.6 Å². The van der Waals surface area contributed by atoms with Crippen LogP contribution in [0.4, 0.5) is 10.1 Å². The van der Waals surface area contributed by atoms with E-state index in [4.69, 9.17) is 4.98 Å². The van der Waals surface area contributed by atoms with Crippen molar-refractivity contribution in [2.45, 2.75) is 20.8 Å². The first-order valence-corrected chi connectivity index (χ1v) is 12.3. The number of allylic oxidation sites excluding steroid dienone is 1. The van der Waals surface area contributed by atoms with E-state index in [1.165, 1.54) is 6.07 Å². The van der Waals surface area contributed by atoms with Crippen molar-refractivity contribution >= 4 is 27.6 Å². The fourth-order valence-corrected chi connectivity index (χ4v) is 4.30. The summed E-state index contributed by atoms with van der Waals surface area (Å²) in [5.74, 6) is 0.229. The molecule has 4 aromatic heterocycles. The summed E-state index contributed by atoms with van der Waals surface area (Å²) < 4.78 is 14.5. The summed E-state index contributed by atoms with van der Waals surface area (Å²) in [4.78, 5) is 17.0. The van der Waals surface area contributed by atoms with E-state index in [0.717, 1.165) is 38.9 Å². The molecule has 0 saturated heterocycles. The lowest BCUT2D eigenvalue weighted by molar-refractivity contribution is 0.509. The normalized spacial score (nSPS) is 11.8. The van der Waals surface area contributed by atoms with Crippen LogP contribution in [0.5, 0.6) is 0 Å². The minimum absolute atomic E-state index is 0.0745. The van der Waals surface area contributed by atoms with Gasteiger partial charge in [-0.15, -0.1) is 0 Å². The second-order valence-corrected chi connectivity index (χ2v) is 10.3. The van der Waals surface area contributed by atoms with Crippen LogP contribution in [0.2, 0.25) is 0 Å². The minimum Gasteiger partial charge on any atom is -0.358 e. The molecule has 2 aromatic carbocycles. The first kappa shape index (κ1) is 23.5. The number of hydrogen-bond acceptors (Lipinski definition) is 5. The number of benzene rings is 2. The van der Waals surface area contributed by atoms with Crippen molar-refractivity contribution in [3.63, 3.8) is 0 Å². The number of H-pyrrole nitrogens is 2.